The summed E-state index contributed by atoms with van der Waals surface area (Å²) in [5.41, 5.74) is 1.96. The number of nitro groups is 1. The van der Waals surface area contributed by atoms with Gasteiger partial charge >= 0.3 is 0 Å². The van der Waals surface area contributed by atoms with Gasteiger partial charge in [-0.3, -0.25) is 10.1 Å². The predicted octanol–water partition coefficient (Wildman–Crippen LogP) is 2.39. The first kappa shape index (κ1) is 14.0. The molecule has 7 heteroatoms. The number of hydrogen-bond acceptors (Lipinski definition) is 5. The molecule has 1 N–H and O–H groups in total. The van der Waals surface area contributed by atoms with E-state index in [0.29, 0.717) is 0 Å². The van der Waals surface area contributed by atoms with E-state index in [1.165, 1.54) is 6.07 Å². The summed E-state index contributed by atoms with van der Waals surface area (Å²) in [5, 5.41) is 21.4. The SMILES string of the molecule is Cc1cc([N+](=O)[O-])ccc1NCCCCn1cnnc1. The summed E-state index contributed by atoms with van der Waals surface area (Å²) in [5.74, 6) is 0. The van der Waals surface area contributed by atoms with Crippen LogP contribution >= 0.6 is 0 Å². The van der Waals surface area contributed by atoms with Crippen LogP contribution in [0.5, 0.6) is 0 Å². The average molecular weight is 275 g/mol. The third-order valence-corrected chi connectivity index (χ3v) is 3.05. The highest BCUT2D eigenvalue weighted by Crippen LogP contribution is 2.21. The molecule has 0 amide bonds. The van der Waals surface area contributed by atoms with Gasteiger partial charge in [-0.1, -0.05) is 0 Å². The van der Waals surface area contributed by atoms with Crippen LogP contribution in [0.2, 0.25) is 0 Å². The van der Waals surface area contributed by atoms with E-state index in [9.17, 15) is 10.1 Å². The number of aryl methyl sites for hydroxylation is 2. The summed E-state index contributed by atoms with van der Waals surface area (Å²) < 4.78 is 1.94. The van der Waals surface area contributed by atoms with E-state index in [-0.39, 0.29) is 10.6 Å². The fraction of sp³-hybridized carbons (Fsp3) is 0.385. The Morgan fingerprint density at radius 2 is 2.05 bits per heavy atom. The van der Waals surface area contributed by atoms with Gasteiger partial charge in [0.25, 0.3) is 5.69 Å². The van der Waals surface area contributed by atoms with Gasteiger partial charge in [-0.05, 0) is 31.4 Å². The van der Waals surface area contributed by atoms with Crippen molar-refractivity contribution in [3.05, 3.63) is 46.5 Å². The second-order valence-corrected chi connectivity index (χ2v) is 4.59. The fourth-order valence-corrected chi connectivity index (χ4v) is 1.94. The Bertz CT molecular complexity index is 568. The first-order valence-corrected chi connectivity index (χ1v) is 6.48. The zero-order chi connectivity index (χ0) is 14.4. The lowest BCUT2D eigenvalue weighted by atomic mass is 10.1. The van der Waals surface area contributed by atoms with Crippen molar-refractivity contribution >= 4 is 11.4 Å². The molecular formula is C13H17N5O2. The van der Waals surface area contributed by atoms with Crippen molar-refractivity contribution in [3.63, 3.8) is 0 Å². The number of nitro benzene ring substituents is 1. The number of nitrogens with one attached hydrogen (secondary N) is 1. The largest absolute Gasteiger partial charge is 0.385 e. The minimum atomic E-state index is -0.379. The molecule has 1 aromatic carbocycles. The van der Waals surface area contributed by atoms with Crippen LogP contribution in [0.3, 0.4) is 0 Å². The first-order chi connectivity index (χ1) is 9.66. The summed E-state index contributed by atoms with van der Waals surface area (Å²) in [6.45, 7) is 3.60. The van der Waals surface area contributed by atoms with Gasteiger partial charge in [0.2, 0.25) is 0 Å². The van der Waals surface area contributed by atoms with Crippen molar-refractivity contribution in [1.29, 1.82) is 0 Å². The zero-order valence-corrected chi connectivity index (χ0v) is 11.3. The number of unbranched alkanes of at least 4 members (excludes halogenated alkanes) is 1. The molecule has 0 aliphatic heterocycles. The van der Waals surface area contributed by atoms with Crippen LogP contribution in [-0.2, 0) is 6.54 Å². The van der Waals surface area contributed by atoms with Gasteiger partial charge in [-0.15, -0.1) is 10.2 Å². The summed E-state index contributed by atoms with van der Waals surface area (Å²) in [4.78, 5) is 10.3. The molecule has 0 fully saturated rings. The van der Waals surface area contributed by atoms with Crippen LogP contribution < -0.4 is 5.32 Å². The summed E-state index contributed by atoms with van der Waals surface area (Å²) in [6.07, 6.45) is 5.44. The van der Waals surface area contributed by atoms with E-state index in [1.807, 2.05) is 11.5 Å². The van der Waals surface area contributed by atoms with E-state index >= 15 is 0 Å². The lowest BCUT2D eigenvalue weighted by molar-refractivity contribution is -0.384. The second kappa shape index (κ2) is 6.65. The summed E-state index contributed by atoms with van der Waals surface area (Å²) >= 11 is 0. The van der Waals surface area contributed by atoms with E-state index < -0.39 is 0 Å². The smallest absolute Gasteiger partial charge is 0.269 e. The van der Waals surface area contributed by atoms with Crippen LogP contribution in [0.25, 0.3) is 0 Å². The highest BCUT2D eigenvalue weighted by Gasteiger charge is 2.07. The van der Waals surface area contributed by atoms with Gasteiger partial charge in [-0.25, -0.2) is 0 Å². The summed E-state index contributed by atoms with van der Waals surface area (Å²) in [7, 11) is 0. The van der Waals surface area contributed by atoms with E-state index in [0.717, 1.165) is 37.2 Å². The standard InChI is InChI=1S/C13H17N5O2/c1-11-8-12(18(19)20)4-5-13(11)14-6-2-3-7-17-9-15-16-10-17/h4-5,8-10,14H,2-3,6-7H2,1H3. The normalized spacial score (nSPS) is 10.4. The van der Waals surface area contributed by atoms with Crippen LogP contribution in [0.15, 0.2) is 30.9 Å². The molecule has 0 unspecified atom stereocenters. The molecule has 0 spiro atoms. The Balaban J connectivity index is 1.75. The van der Waals surface area contributed by atoms with Gasteiger partial charge < -0.3 is 9.88 Å². The van der Waals surface area contributed by atoms with Gasteiger partial charge in [-0.2, -0.15) is 0 Å². The molecule has 0 radical (unpaired) electrons. The van der Waals surface area contributed by atoms with Crippen molar-refractivity contribution in [3.8, 4) is 0 Å². The lowest BCUT2D eigenvalue weighted by Crippen LogP contribution is -2.05. The molecule has 0 aliphatic rings. The number of anilines is 1. The number of benzene rings is 1. The Kier molecular flexibility index (Phi) is 4.65. The average Bonchev–Trinajstić information content (AvgIpc) is 2.93. The lowest BCUT2D eigenvalue weighted by Gasteiger charge is -2.09. The van der Waals surface area contributed by atoms with Crippen molar-refractivity contribution < 1.29 is 4.92 Å². The molecule has 106 valence electrons. The molecule has 0 bridgehead atoms. The first-order valence-electron chi connectivity index (χ1n) is 6.48. The van der Waals surface area contributed by atoms with E-state index in [4.69, 9.17) is 0 Å². The number of nitrogens with zero attached hydrogens (tertiary/aromatic N) is 4. The molecule has 1 aromatic heterocycles. The molecule has 0 aliphatic carbocycles. The topological polar surface area (TPSA) is 85.9 Å². The Morgan fingerprint density at radius 3 is 2.70 bits per heavy atom. The molecule has 7 nitrogen and oxygen atoms in total. The zero-order valence-electron chi connectivity index (χ0n) is 11.3. The third kappa shape index (κ3) is 3.78. The summed E-state index contributed by atoms with van der Waals surface area (Å²) in [6, 6.07) is 4.86. The molecule has 0 atom stereocenters. The van der Waals surface area contributed by atoms with Gasteiger partial charge in [0.05, 0.1) is 4.92 Å². The number of hydrogen-bond donors (Lipinski definition) is 1. The van der Waals surface area contributed by atoms with Crippen LogP contribution in [0, 0.1) is 17.0 Å². The maximum absolute atomic E-state index is 10.6. The minimum absolute atomic E-state index is 0.126. The molecular weight excluding hydrogens is 258 g/mol. The molecule has 2 rings (SSSR count). The van der Waals surface area contributed by atoms with Crippen LogP contribution in [0.1, 0.15) is 18.4 Å². The van der Waals surface area contributed by atoms with Gasteiger partial charge in [0, 0.05) is 30.9 Å². The van der Waals surface area contributed by atoms with Crippen LogP contribution in [-0.4, -0.2) is 26.2 Å². The highest BCUT2D eigenvalue weighted by atomic mass is 16.6. The van der Waals surface area contributed by atoms with Crippen molar-refractivity contribution in [1.82, 2.24) is 14.8 Å². The maximum atomic E-state index is 10.6. The van der Waals surface area contributed by atoms with E-state index in [2.05, 4.69) is 15.5 Å². The highest BCUT2D eigenvalue weighted by molar-refractivity contribution is 5.55. The Hall–Kier alpha value is -2.44. The third-order valence-electron chi connectivity index (χ3n) is 3.05. The molecule has 0 saturated heterocycles. The monoisotopic (exact) mass is 275 g/mol. The van der Waals surface area contributed by atoms with Crippen molar-refractivity contribution in [2.24, 2.45) is 0 Å². The molecule has 2 aromatic rings. The molecule has 0 saturated carbocycles. The van der Waals surface area contributed by atoms with Crippen LogP contribution in [0.4, 0.5) is 11.4 Å². The minimum Gasteiger partial charge on any atom is -0.385 e. The Morgan fingerprint density at radius 1 is 1.30 bits per heavy atom. The van der Waals surface area contributed by atoms with Gasteiger partial charge in [0.15, 0.2) is 0 Å². The number of rotatable bonds is 7. The predicted molar refractivity (Wildman–Crippen MR) is 75.6 cm³/mol. The number of non-ortho nitro benzene ring substituents is 1. The second-order valence-electron chi connectivity index (χ2n) is 4.59. The molecule has 1 heterocycles. The van der Waals surface area contributed by atoms with Crippen molar-refractivity contribution in [2.45, 2.75) is 26.3 Å². The molecule has 20 heavy (non-hydrogen) atoms. The van der Waals surface area contributed by atoms with Gasteiger partial charge in [0.1, 0.15) is 12.7 Å². The Labute approximate surface area is 116 Å². The number of aromatic nitrogens is 3. The maximum Gasteiger partial charge on any atom is 0.269 e. The fourth-order valence-electron chi connectivity index (χ4n) is 1.94. The van der Waals surface area contributed by atoms with E-state index in [1.54, 1.807) is 24.8 Å². The van der Waals surface area contributed by atoms with Crippen molar-refractivity contribution in [2.75, 3.05) is 11.9 Å². The quantitative estimate of drug-likeness (QED) is 0.476.